The Bertz CT molecular complexity index is 3600. The number of fused-ring (bicyclic) bond motifs is 4. The minimum absolute atomic E-state index is 0.0201. The number of nitrogens with zero attached hydrogens (tertiary/aromatic N) is 12. The third-order valence-corrected chi connectivity index (χ3v) is 21.7. The van der Waals surface area contributed by atoms with Crippen LogP contribution < -0.4 is 17.2 Å². The van der Waals surface area contributed by atoms with E-state index in [1.165, 1.54) is 117 Å². The highest BCUT2D eigenvalue weighted by Crippen LogP contribution is 2.58. The van der Waals surface area contributed by atoms with Gasteiger partial charge in [0.05, 0.1) is 38.8 Å². The number of esters is 1. The van der Waals surface area contributed by atoms with E-state index < -0.39 is 121 Å². The lowest BCUT2D eigenvalue weighted by molar-refractivity contribution is -0.165. The average Bonchev–Trinajstić information content (AvgIpc) is 1.60. The van der Waals surface area contributed by atoms with Gasteiger partial charge in [0.25, 0.3) is 0 Å². The molecule has 0 radical (unpaired) electrons. The van der Waals surface area contributed by atoms with Crippen LogP contribution in [0, 0.1) is 0 Å². The molecule has 4 saturated heterocycles. The number of unbranched alkanes of at least 4 members (excludes halogenated alkanes) is 14. The van der Waals surface area contributed by atoms with Crippen molar-refractivity contribution in [1.82, 2.24) is 58.6 Å². The van der Waals surface area contributed by atoms with Crippen LogP contribution in [0.2, 0.25) is 0 Å². The van der Waals surface area contributed by atoms with E-state index in [9.17, 15) is 43.4 Å². The third kappa shape index (κ3) is 17.2. The molecule has 0 bridgehead atoms. The molecule has 4 aliphatic heterocycles. The number of aromatic nitrogens is 12. The van der Waals surface area contributed by atoms with Crippen LogP contribution in [0.1, 0.15) is 141 Å². The van der Waals surface area contributed by atoms with E-state index in [1.807, 2.05) is 0 Å². The number of ether oxygens (including phenoxy) is 6. The summed E-state index contributed by atoms with van der Waals surface area (Å²) in [5.74, 6) is -0.493. The summed E-state index contributed by atoms with van der Waals surface area (Å²) in [6, 6.07) is 0. The van der Waals surface area contributed by atoms with Crippen LogP contribution in [0.15, 0.2) is 38.0 Å². The molecule has 6 unspecified atom stereocenters. The number of hydrogen-bond acceptors (Lipinski definition) is 30. The second kappa shape index (κ2) is 31.9. The first-order valence-corrected chi connectivity index (χ1v) is 37.3. The van der Waals surface area contributed by atoms with Gasteiger partial charge < -0.3 is 70.5 Å². The van der Waals surface area contributed by atoms with E-state index in [4.69, 9.17) is 68.2 Å². The fourth-order valence-corrected chi connectivity index (χ4v) is 16.1. The van der Waals surface area contributed by atoms with Crippen LogP contribution in [0.4, 0.5) is 17.5 Å². The second-order valence-corrected chi connectivity index (χ2v) is 30.0. The number of hydrogen-bond donors (Lipinski definition) is 8. The molecule has 35 nitrogen and oxygen atoms in total. The van der Waals surface area contributed by atoms with Gasteiger partial charge in [0.2, 0.25) is 0 Å². The molecule has 4 fully saturated rings. The molecule has 10 rings (SSSR count). The Kier molecular flexibility index (Phi) is 24.3. The zero-order chi connectivity index (χ0) is 65.9. The van der Waals surface area contributed by atoms with Gasteiger partial charge in [-0.2, -0.15) is 0 Å². The molecule has 6 aromatic heterocycles. The summed E-state index contributed by atoms with van der Waals surface area (Å²) in [6.07, 6.45) is 9.44. The molecule has 11 N–H and O–H groups in total. The van der Waals surface area contributed by atoms with Gasteiger partial charge >= 0.3 is 28.4 Å². The first-order valence-electron chi connectivity index (χ1n) is 31.1. The third-order valence-electron chi connectivity index (χ3n) is 16.7. The van der Waals surface area contributed by atoms with Crippen LogP contribution >= 0.6 is 33.8 Å². The monoisotopic (exact) mass is 1390 g/mol. The standard InChI is InChI=1S/C54H82N15O20P3S/c1-3-4-5-6-7-8-9-10-11-12-13-14-15-16-17-19-35(70)80-22-23-93-92(77,78)83-25-34-41(79-2)43(53(86-34)69-32-66-38-47(57)60-29-63-50(38)69)89-90(73,74)82-24-33-39(71)42(52(85-33)68-31-65-37-46(56)59-28-62-49(37)68)88-91(75,76)84-26-54-20-18-21-81-44(54)40(72)51(87-54)67-30-64-36-45(55)58-27-61-48(36)67/h27-34,39-44,51-53,71-72H,3-26H2,1-2H3,(H,73,74)(H,75,76)(H,77,78)(H2,55,58,61)(H2,56,59,62)(H2,57,60,63)/t33-,34-,39?,40+,41?,42+,43+,44?,51-,52-,53-,54-/m1/s1. The molecule has 4 aliphatic rings. The summed E-state index contributed by atoms with van der Waals surface area (Å²) in [5, 5.41) is 23.6. The number of aliphatic hydroxyl groups is 2. The highest BCUT2D eigenvalue weighted by molar-refractivity contribution is 8.54. The normalized spacial score (nSPS) is 27.6. The number of nitrogens with two attached hydrogens (primary N) is 3. The molecular weight excluding hydrogens is 1300 g/mol. The number of phosphoric acid groups is 2. The quantitative estimate of drug-likeness (QED) is 0.0128. The molecule has 39 heteroatoms. The summed E-state index contributed by atoms with van der Waals surface area (Å²) in [4.78, 5) is 83.9. The van der Waals surface area contributed by atoms with Crippen molar-refractivity contribution in [1.29, 1.82) is 0 Å². The van der Waals surface area contributed by atoms with Crippen LogP contribution in [-0.2, 0) is 69.5 Å². The lowest BCUT2D eigenvalue weighted by Crippen LogP contribution is -2.51. The SMILES string of the molecule is CCCCCCCCCCCCCCCCCC(=O)OCCSP(=O)(O)OC[C@H]1O[C@@H](n2cnc3c(N)ncnc32)[C@@H](OP(=O)(O)OC[C@H]2O[C@@H](n3cnc4c(N)ncnc43)[C@@H](OP(=O)(O)OC[C@]34CCCOC3[C@H](O)[C@H](n3cnc5c(N)ncnc53)O4)C2O)C1OC. The number of aliphatic hydroxyl groups excluding tert-OH is 2. The Morgan fingerprint density at radius 3 is 1.66 bits per heavy atom. The lowest BCUT2D eigenvalue weighted by Gasteiger charge is -2.38. The topological polar surface area (TPSA) is 480 Å². The van der Waals surface area contributed by atoms with Crippen molar-refractivity contribution in [3.05, 3.63) is 38.0 Å². The van der Waals surface area contributed by atoms with Crippen molar-refractivity contribution in [3.8, 4) is 0 Å². The highest BCUT2D eigenvalue weighted by atomic mass is 32.7. The van der Waals surface area contributed by atoms with E-state index in [0.29, 0.717) is 24.2 Å². The lowest BCUT2D eigenvalue weighted by atomic mass is 9.89. The van der Waals surface area contributed by atoms with Gasteiger partial charge in [-0.15, -0.1) is 0 Å². The summed E-state index contributed by atoms with van der Waals surface area (Å²) < 4.78 is 110. The van der Waals surface area contributed by atoms with Gasteiger partial charge in [0.1, 0.15) is 96.6 Å². The van der Waals surface area contributed by atoms with E-state index in [1.54, 1.807) is 0 Å². The maximum absolute atomic E-state index is 14.3. The summed E-state index contributed by atoms with van der Waals surface area (Å²) in [5.41, 5.74) is 17.4. The van der Waals surface area contributed by atoms with Gasteiger partial charge in [-0.3, -0.25) is 41.1 Å². The number of rotatable bonds is 37. The minimum Gasteiger partial charge on any atom is -0.465 e. The molecule has 0 aliphatic carbocycles. The Morgan fingerprint density at radius 2 is 1.11 bits per heavy atom. The van der Waals surface area contributed by atoms with Crippen LogP contribution in [0.5, 0.6) is 0 Å². The molecule has 6 aromatic rings. The number of phosphoric ester groups is 2. The molecule has 15 atom stereocenters. The zero-order valence-electron chi connectivity index (χ0n) is 51.5. The molecule has 0 spiro atoms. The van der Waals surface area contributed by atoms with E-state index >= 15 is 0 Å². The molecule has 0 aromatic carbocycles. The van der Waals surface area contributed by atoms with E-state index in [2.05, 4.69) is 51.8 Å². The van der Waals surface area contributed by atoms with Crippen molar-refractivity contribution in [2.75, 3.05) is 63.1 Å². The summed E-state index contributed by atoms with van der Waals surface area (Å²) in [6.45, 7) is -4.50. The van der Waals surface area contributed by atoms with Crippen molar-refractivity contribution in [2.24, 2.45) is 0 Å². The maximum Gasteiger partial charge on any atom is 0.472 e. The number of carbonyl (C=O) groups is 1. The highest BCUT2D eigenvalue weighted by Gasteiger charge is 2.60. The average molecular weight is 1390 g/mol. The Hall–Kier alpha value is -5.04. The maximum atomic E-state index is 14.3. The second-order valence-electron chi connectivity index (χ2n) is 23.2. The first kappa shape index (κ1) is 70.8. The van der Waals surface area contributed by atoms with Gasteiger partial charge in [-0.25, -0.2) is 58.6 Å². The zero-order valence-corrected chi connectivity index (χ0v) is 55.0. The fraction of sp³-hybridized carbons (Fsp3) is 0.704. The van der Waals surface area contributed by atoms with Gasteiger partial charge in [0.15, 0.2) is 53.1 Å². The molecule has 93 heavy (non-hydrogen) atoms. The predicted molar refractivity (Wildman–Crippen MR) is 332 cm³/mol. The van der Waals surface area contributed by atoms with Crippen LogP contribution in [0.3, 0.4) is 0 Å². The van der Waals surface area contributed by atoms with Crippen molar-refractivity contribution >= 4 is 90.7 Å². The summed E-state index contributed by atoms with van der Waals surface area (Å²) >= 11 is 0.521. The van der Waals surface area contributed by atoms with Crippen LogP contribution in [-0.4, -0.2) is 190 Å². The van der Waals surface area contributed by atoms with E-state index in [-0.39, 0.29) is 82.8 Å². The smallest absolute Gasteiger partial charge is 0.465 e. The predicted octanol–water partition coefficient (Wildman–Crippen LogP) is 5.89. The molecular formula is C54H82N15O20P3S. The first-order chi connectivity index (χ1) is 44.7. The Labute approximate surface area is 538 Å². The van der Waals surface area contributed by atoms with Gasteiger partial charge in [-0.1, -0.05) is 96.8 Å². The largest absolute Gasteiger partial charge is 0.472 e. The number of methoxy groups -OCH3 is 1. The minimum atomic E-state index is -5.40. The number of nitrogen functional groups attached to an aromatic ring is 3. The number of imidazole rings is 3. The van der Waals surface area contributed by atoms with Crippen molar-refractivity contribution in [3.63, 3.8) is 0 Å². The number of carbonyl (C=O) groups excluding carboxylic acids is 1. The molecule has 0 amide bonds. The van der Waals surface area contributed by atoms with Crippen molar-refractivity contribution in [2.45, 2.75) is 196 Å². The Morgan fingerprint density at radius 1 is 0.624 bits per heavy atom. The fourth-order valence-electron chi connectivity index (χ4n) is 12.1. The van der Waals surface area contributed by atoms with Crippen molar-refractivity contribution < 1.29 is 94.4 Å². The summed E-state index contributed by atoms with van der Waals surface area (Å²) in [7, 11) is -9.53. The van der Waals surface area contributed by atoms with Crippen LogP contribution in [0.25, 0.3) is 33.5 Å². The van der Waals surface area contributed by atoms with E-state index in [0.717, 1.165) is 31.9 Å². The molecule has 10 heterocycles. The van der Waals surface area contributed by atoms with Gasteiger partial charge in [-0.05, 0) is 30.6 Å². The molecule has 0 saturated carbocycles. The molecule has 514 valence electrons. The van der Waals surface area contributed by atoms with Gasteiger partial charge in [0, 0.05) is 25.9 Å². The Balaban J connectivity index is 0.751. The number of anilines is 3.